The van der Waals surface area contributed by atoms with E-state index in [0.717, 1.165) is 0 Å². The van der Waals surface area contributed by atoms with Crippen molar-refractivity contribution in [2.24, 2.45) is 0 Å². The van der Waals surface area contributed by atoms with Gasteiger partial charge in [0, 0.05) is 36.0 Å². The number of phenols is 1. The van der Waals surface area contributed by atoms with Gasteiger partial charge in [-0.25, -0.2) is 0 Å². The number of ether oxygens (including phenoxy) is 2. The number of nitrogens with one attached hydrogen (secondary N) is 1. The molecular formula is C14H12N2O5. The molecule has 108 valence electrons. The van der Waals surface area contributed by atoms with E-state index in [9.17, 15) is 15.2 Å². The van der Waals surface area contributed by atoms with Crippen LogP contribution in [0.2, 0.25) is 0 Å². The van der Waals surface area contributed by atoms with Crippen molar-refractivity contribution in [3.63, 3.8) is 0 Å². The summed E-state index contributed by atoms with van der Waals surface area (Å²) in [6.45, 7) is 0.445. The van der Waals surface area contributed by atoms with E-state index in [-0.39, 0.29) is 18.2 Å². The molecule has 1 heterocycles. The number of anilines is 1. The van der Waals surface area contributed by atoms with Crippen LogP contribution in [0.5, 0.6) is 17.2 Å². The van der Waals surface area contributed by atoms with E-state index in [4.69, 9.17) is 9.47 Å². The number of nitro groups is 1. The average Bonchev–Trinajstić information content (AvgIpc) is 2.92. The number of aromatic hydroxyl groups is 1. The number of nitro benzene ring substituents is 1. The summed E-state index contributed by atoms with van der Waals surface area (Å²) < 4.78 is 10.4. The van der Waals surface area contributed by atoms with E-state index in [2.05, 4.69) is 5.32 Å². The summed E-state index contributed by atoms with van der Waals surface area (Å²) in [5.41, 5.74) is 1.22. The van der Waals surface area contributed by atoms with Gasteiger partial charge in [-0.15, -0.1) is 0 Å². The summed E-state index contributed by atoms with van der Waals surface area (Å²) in [7, 11) is 0. The highest BCUT2D eigenvalue weighted by Crippen LogP contribution is 2.37. The lowest BCUT2D eigenvalue weighted by molar-refractivity contribution is -0.384. The fourth-order valence-corrected chi connectivity index (χ4v) is 2.04. The van der Waals surface area contributed by atoms with Gasteiger partial charge in [-0.3, -0.25) is 10.1 Å². The maximum atomic E-state index is 10.7. The maximum Gasteiger partial charge on any atom is 0.271 e. The first-order chi connectivity index (χ1) is 10.1. The topological polar surface area (TPSA) is 93.9 Å². The number of non-ortho nitro benzene ring substituents is 1. The predicted molar refractivity (Wildman–Crippen MR) is 74.7 cm³/mol. The Labute approximate surface area is 119 Å². The molecule has 0 amide bonds. The van der Waals surface area contributed by atoms with Crippen molar-refractivity contribution in [2.45, 2.75) is 6.54 Å². The third-order valence-corrected chi connectivity index (χ3v) is 3.11. The summed E-state index contributed by atoms with van der Waals surface area (Å²) in [6.07, 6.45) is 0. The first kappa shape index (κ1) is 13.0. The Morgan fingerprint density at radius 3 is 2.76 bits per heavy atom. The van der Waals surface area contributed by atoms with Crippen LogP contribution >= 0.6 is 0 Å². The van der Waals surface area contributed by atoms with E-state index in [1.54, 1.807) is 18.2 Å². The van der Waals surface area contributed by atoms with Crippen molar-refractivity contribution in [1.82, 2.24) is 0 Å². The van der Waals surface area contributed by atoms with E-state index in [1.807, 2.05) is 0 Å². The number of fused-ring (bicyclic) bond motifs is 1. The summed E-state index contributed by atoms with van der Waals surface area (Å²) in [5, 5.41) is 23.7. The van der Waals surface area contributed by atoms with Gasteiger partial charge in [-0.1, -0.05) is 6.07 Å². The molecule has 1 aliphatic heterocycles. The molecule has 2 aromatic rings. The number of phenolic OH excluding ortho intramolecular Hbond substituents is 1. The number of benzene rings is 2. The highest BCUT2D eigenvalue weighted by atomic mass is 16.7. The van der Waals surface area contributed by atoms with Gasteiger partial charge in [-0.05, 0) is 12.1 Å². The molecule has 21 heavy (non-hydrogen) atoms. The third-order valence-electron chi connectivity index (χ3n) is 3.11. The van der Waals surface area contributed by atoms with Gasteiger partial charge in [0.25, 0.3) is 5.69 Å². The van der Waals surface area contributed by atoms with Crippen molar-refractivity contribution in [3.05, 3.63) is 52.1 Å². The van der Waals surface area contributed by atoms with Gasteiger partial charge < -0.3 is 19.9 Å². The fraction of sp³-hybridized carbons (Fsp3) is 0.143. The molecule has 0 fully saturated rings. The minimum Gasteiger partial charge on any atom is -0.507 e. The van der Waals surface area contributed by atoms with Crippen molar-refractivity contribution in [1.29, 1.82) is 0 Å². The lowest BCUT2D eigenvalue weighted by atomic mass is 10.1. The quantitative estimate of drug-likeness (QED) is 0.663. The highest BCUT2D eigenvalue weighted by Gasteiger charge is 2.17. The molecular weight excluding hydrogens is 276 g/mol. The normalized spacial score (nSPS) is 12.2. The Morgan fingerprint density at radius 1 is 1.24 bits per heavy atom. The first-order valence-electron chi connectivity index (χ1n) is 6.23. The Hall–Kier alpha value is -2.96. The van der Waals surface area contributed by atoms with Gasteiger partial charge in [-0.2, -0.15) is 0 Å². The maximum absolute atomic E-state index is 10.7. The van der Waals surface area contributed by atoms with Crippen molar-refractivity contribution in [3.8, 4) is 17.2 Å². The first-order valence-corrected chi connectivity index (χ1v) is 6.23. The number of rotatable bonds is 4. The largest absolute Gasteiger partial charge is 0.507 e. The van der Waals surface area contributed by atoms with Crippen LogP contribution < -0.4 is 14.8 Å². The number of hydrogen-bond donors (Lipinski definition) is 2. The summed E-state index contributed by atoms with van der Waals surface area (Å²) in [4.78, 5) is 10.3. The second kappa shape index (κ2) is 5.20. The molecule has 0 bridgehead atoms. The average molecular weight is 288 g/mol. The number of hydrogen-bond acceptors (Lipinski definition) is 6. The lowest BCUT2D eigenvalue weighted by Crippen LogP contribution is -2.00. The van der Waals surface area contributed by atoms with Crippen LogP contribution in [-0.2, 0) is 6.54 Å². The SMILES string of the molecule is O=[N+]([O-])c1cccc(NCc2cc3c(cc2O)OCO3)c1. The summed E-state index contributed by atoms with van der Waals surface area (Å²) in [6, 6.07) is 9.35. The van der Waals surface area contributed by atoms with Crippen molar-refractivity contribution in [2.75, 3.05) is 12.1 Å². The zero-order chi connectivity index (χ0) is 14.8. The Balaban J connectivity index is 1.76. The predicted octanol–water partition coefficient (Wildman–Crippen LogP) is 2.64. The molecule has 0 aliphatic carbocycles. The van der Waals surface area contributed by atoms with Crippen molar-refractivity contribution < 1.29 is 19.5 Å². The van der Waals surface area contributed by atoms with Gasteiger partial charge in [0.1, 0.15) is 5.75 Å². The van der Waals surface area contributed by atoms with Crippen LogP contribution in [0.4, 0.5) is 11.4 Å². The standard InChI is InChI=1S/C14H12N2O5/c17-12-6-14-13(20-8-21-14)4-9(12)7-15-10-2-1-3-11(5-10)16(18)19/h1-6,15,17H,7-8H2. The minimum absolute atomic E-state index is 0.00917. The zero-order valence-corrected chi connectivity index (χ0v) is 10.9. The fourth-order valence-electron chi connectivity index (χ4n) is 2.04. The molecule has 1 aliphatic rings. The Bertz CT molecular complexity index is 702. The Morgan fingerprint density at radius 2 is 2.00 bits per heavy atom. The van der Waals surface area contributed by atoms with Gasteiger partial charge in [0.15, 0.2) is 11.5 Å². The van der Waals surface area contributed by atoms with Gasteiger partial charge in [0.2, 0.25) is 6.79 Å². The van der Waals surface area contributed by atoms with E-state index < -0.39 is 4.92 Å². The van der Waals surface area contributed by atoms with Crippen molar-refractivity contribution >= 4 is 11.4 Å². The molecule has 2 aromatic carbocycles. The summed E-state index contributed by atoms with van der Waals surface area (Å²) >= 11 is 0. The second-order valence-corrected chi connectivity index (χ2v) is 4.50. The number of nitrogens with zero attached hydrogens (tertiary/aromatic N) is 1. The Kier molecular flexibility index (Phi) is 3.23. The molecule has 7 nitrogen and oxygen atoms in total. The summed E-state index contributed by atoms with van der Waals surface area (Å²) in [5.74, 6) is 1.16. The lowest BCUT2D eigenvalue weighted by Gasteiger charge is -2.09. The molecule has 3 rings (SSSR count). The monoisotopic (exact) mass is 288 g/mol. The highest BCUT2D eigenvalue weighted by molar-refractivity contribution is 5.54. The second-order valence-electron chi connectivity index (χ2n) is 4.50. The molecule has 7 heteroatoms. The van der Waals surface area contributed by atoms with Crippen LogP contribution in [0.25, 0.3) is 0 Å². The van der Waals surface area contributed by atoms with Crippen LogP contribution in [-0.4, -0.2) is 16.8 Å². The molecule has 0 aromatic heterocycles. The molecule has 2 N–H and O–H groups in total. The van der Waals surface area contributed by atoms with Gasteiger partial charge in [0.05, 0.1) is 4.92 Å². The molecule has 0 spiro atoms. The third kappa shape index (κ3) is 2.66. The zero-order valence-electron chi connectivity index (χ0n) is 10.9. The minimum atomic E-state index is -0.455. The van der Waals surface area contributed by atoms with E-state index >= 15 is 0 Å². The van der Waals surface area contributed by atoms with E-state index in [0.29, 0.717) is 29.3 Å². The van der Waals surface area contributed by atoms with Crippen LogP contribution in [0.1, 0.15) is 5.56 Å². The van der Waals surface area contributed by atoms with Crippen LogP contribution in [0.3, 0.4) is 0 Å². The van der Waals surface area contributed by atoms with Gasteiger partial charge >= 0.3 is 0 Å². The smallest absolute Gasteiger partial charge is 0.271 e. The van der Waals surface area contributed by atoms with Crippen LogP contribution in [0, 0.1) is 10.1 Å². The van der Waals surface area contributed by atoms with Crippen LogP contribution in [0.15, 0.2) is 36.4 Å². The molecule has 0 unspecified atom stereocenters. The molecule has 0 radical (unpaired) electrons. The molecule has 0 atom stereocenters. The van der Waals surface area contributed by atoms with E-state index in [1.165, 1.54) is 18.2 Å². The molecule has 0 saturated carbocycles. The molecule has 0 saturated heterocycles.